The second kappa shape index (κ2) is 6.92. The molecule has 2 N–H and O–H groups in total. The molecule has 0 saturated carbocycles. The van der Waals surface area contributed by atoms with Crippen molar-refractivity contribution in [3.63, 3.8) is 0 Å². The third kappa shape index (κ3) is 3.54. The Morgan fingerprint density at radius 3 is 1.86 bits per heavy atom. The number of hydrogen-bond acceptors (Lipinski definition) is 2. The lowest BCUT2D eigenvalue weighted by molar-refractivity contribution is 0.306. The summed E-state index contributed by atoms with van der Waals surface area (Å²) in [4.78, 5) is 0. The van der Waals surface area contributed by atoms with Crippen molar-refractivity contribution in [2.24, 2.45) is 5.73 Å². The van der Waals surface area contributed by atoms with Gasteiger partial charge in [0.2, 0.25) is 0 Å². The molecule has 110 valence electrons. The van der Waals surface area contributed by atoms with E-state index in [1.54, 1.807) is 0 Å². The molecule has 0 radical (unpaired) electrons. The molecule has 3 aromatic carbocycles. The second-order valence-electron chi connectivity index (χ2n) is 5.20. The van der Waals surface area contributed by atoms with E-state index in [1.165, 1.54) is 11.1 Å². The van der Waals surface area contributed by atoms with Crippen LogP contribution in [0.15, 0.2) is 78.9 Å². The molecule has 22 heavy (non-hydrogen) atoms. The Hall–Kier alpha value is -2.58. The summed E-state index contributed by atoms with van der Waals surface area (Å²) >= 11 is 0. The quantitative estimate of drug-likeness (QED) is 0.756. The summed E-state index contributed by atoms with van der Waals surface area (Å²) in [7, 11) is 0. The Morgan fingerprint density at radius 1 is 0.636 bits per heavy atom. The zero-order valence-electron chi connectivity index (χ0n) is 12.4. The predicted octanol–water partition coefficient (Wildman–Crippen LogP) is 4.39. The third-order valence-electron chi connectivity index (χ3n) is 3.63. The summed E-state index contributed by atoms with van der Waals surface area (Å²) in [5.41, 5.74) is 10.3. The van der Waals surface area contributed by atoms with Crippen LogP contribution in [0.3, 0.4) is 0 Å². The lowest BCUT2D eigenvalue weighted by Crippen LogP contribution is -1.98. The molecule has 0 heterocycles. The Balaban J connectivity index is 1.63. The SMILES string of the molecule is NCc1ccc(COc2ccc(-c3ccccc3)cc2)cc1. The minimum absolute atomic E-state index is 0.565. The molecule has 0 saturated heterocycles. The van der Waals surface area contributed by atoms with Gasteiger partial charge in [0.25, 0.3) is 0 Å². The summed E-state index contributed by atoms with van der Waals surface area (Å²) in [5.74, 6) is 0.877. The fraction of sp³-hybridized carbons (Fsp3) is 0.100. The summed E-state index contributed by atoms with van der Waals surface area (Å²) in [6.07, 6.45) is 0. The van der Waals surface area contributed by atoms with Gasteiger partial charge in [0, 0.05) is 6.54 Å². The molecule has 2 nitrogen and oxygen atoms in total. The minimum atomic E-state index is 0.565. The van der Waals surface area contributed by atoms with E-state index in [-0.39, 0.29) is 0 Å². The van der Waals surface area contributed by atoms with Crippen molar-refractivity contribution in [2.45, 2.75) is 13.2 Å². The number of hydrogen-bond donors (Lipinski definition) is 1. The van der Waals surface area contributed by atoms with Crippen LogP contribution >= 0.6 is 0 Å². The Kier molecular flexibility index (Phi) is 4.52. The number of ether oxygens (including phenoxy) is 1. The molecule has 0 aliphatic rings. The van der Waals surface area contributed by atoms with E-state index < -0.39 is 0 Å². The fourth-order valence-electron chi connectivity index (χ4n) is 2.31. The van der Waals surface area contributed by atoms with Gasteiger partial charge in [0.05, 0.1) is 0 Å². The molecule has 2 heteroatoms. The van der Waals surface area contributed by atoms with Crippen molar-refractivity contribution in [2.75, 3.05) is 0 Å². The lowest BCUT2D eigenvalue weighted by Gasteiger charge is -2.08. The first kappa shape index (κ1) is 14.4. The van der Waals surface area contributed by atoms with Crippen LogP contribution in [0.4, 0.5) is 0 Å². The number of nitrogens with two attached hydrogens (primary N) is 1. The van der Waals surface area contributed by atoms with Gasteiger partial charge in [-0.05, 0) is 34.4 Å². The van der Waals surface area contributed by atoms with Crippen LogP contribution < -0.4 is 10.5 Å². The largest absolute Gasteiger partial charge is 0.489 e. The maximum absolute atomic E-state index is 5.83. The Labute approximate surface area is 131 Å². The van der Waals surface area contributed by atoms with Crippen LogP contribution in [0.1, 0.15) is 11.1 Å². The highest BCUT2D eigenvalue weighted by Gasteiger charge is 1.99. The molecule has 0 spiro atoms. The van der Waals surface area contributed by atoms with E-state index in [0.29, 0.717) is 13.2 Å². The van der Waals surface area contributed by atoms with E-state index in [0.717, 1.165) is 16.9 Å². The lowest BCUT2D eigenvalue weighted by atomic mass is 10.1. The zero-order chi connectivity index (χ0) is 15.2. The average molecular weight is 289 g/mol. The summed E-state index contributed by atoms with van der Waals surface area (Å²) in [5, 5.41) is 0. The van der Waals surface area contributed by atoms with E-state index in [2.05, 4.69) is 36.4 Å². The standard InChI is InChI=1S/C20H19NO/c21-14-16-6-8-17(9-7-16)15-22-20-12-10-19(11-13-20)18-4-2-1-3-5-18/h1-13H,14-15,21H2. The van der Waals surface area contributed by atoms with Gasteiger partial charge in [0.15, 0.2) is 0 Å². The average Bonchev–Trinajstić information content (AvgIpc) is 2.61. The van der Waals surface area contributed by atoms with Gasteiger partial charge in [-0.25, -0.2) is 0 Å². The molecule has 0 fully saturated rings. The fourth-order valence-corrected chi connectivity index (χ4v) is 2.31. The van der Waals surface area contributed by atoms with Crippen molar-refractivity contribution in [1.29, 1.82) is 0 Å². The first-order valence-corrected chi connectivity index (χ1v) is 7.41. The molecule has 0 aliphatic carbocycles. The van der Waals surface area contributed by atoms with Crippen molar-refractivity contribution in [3.8, 4) is 16.9 Å². The van der Waals surface area contributed by atoms with Gasteiger partial charge in [-0.15, -0.1) is 0 Å². The van der Waals surface area contributed by atoms with E-state index in [1.807, 2.05) is 42.5 Å². The summed E-state index contributed by atoms with van der Waals surface area (Å²) in [6.45, 7) is 1.14. The van der Waals surface area contributed by atoms with E-state index >= 15 is 0 Å². The van der Waals surface area contributed by atoms with Crippen molar-refractivity contribution in [3.05, 3.63) is 90.0 Å². The number of benzene rings is 3. The molecule has 0 amide bonds. The first-order chi connectivity index (χ1) is 10.8. The van der Waals surface area contributed by atoms with Crippen molar-refractivity contribution < 1.29 is 4.74 Å². The molecule has 0 atom stereocenters. The molecule has 0 bridgehead atoms. The second-order valence-corrected chi connectivity index (χ2v) is 5.20. The molecular formula is C20H19NO. The topological polar surface area (TPSA) is 35.2 Å². The Bertz CT molecular complexity index is 703. The molecular weight excluding hydrogens is 270 g/mol. The van der Waals surface area contributed by atoms with Crippen LogP contribution in [0.25, 0.3) is 11.1 Å². The molecule has 0 aliphatic heterocycles. The maximum atomic E-state index is 5.83. The van der Waals surface area contributed by atoms with Gasteiger partial charge < -0.3 is 10.5 Å². The normalized spacial score (nSPS) is 10.4. The third-order valence-corrected chi connectivity index (χ3v) is 3.63. The van der Waals surface area contributed by atoms with Crippen LogP contribution in [0.2, 0.25) is 0 Å². The molecule has 3 aromatic rings. The highest BCUT2D eigenvalue weighted by molar-refractivity contribution is 5.63. The van der Waals surface area contributed by atoms with Crippen LogP contribution in [0.5, 0.6) is 5.75 Å². The van der Waals surface area contributed by atoms with E-state index in [4.69, 9.17) is 10.5 Å². The van der Waals surface area contributed by atoms with Crippen molar-refractivity contribution in [1.82, 2.24) is 0 Å². The smallest absolute Gasteiger partial charge is 0.119 e. The monoisotopic (exact) mass is 289 g/mol. The van der Waals surface area contributed by atoms with Gasteiger partial charge in [-0.3, -0.25) is 0 Å². The van der Waals surface area contributed by atoms with Gasteiger partial charge in [-0.1, -0.05) is 66.7 Å². The molecule has 0 unspecified atom stereocenters. The summed E-state index contributed by atoms with van der Waals surface area (Å²) < 4.78 is 5.83. The zero-order valence-corrected chi connectivity index (χ0v) is 12.4. The van der Waals surface area contributed by atoms with Gasteiger partial charge >= 0.3 is 0 Å². The van der Waals surface area contributed by atoms with Crippen molar-refractivity contribution >= 4 is 0 Å². The molecule has 3 rings (SSSR count). The number of rotatable bonds is 5. The summed E-state index contributed by atoms with van der Waals surface area (Å²) in [6, 6.07) is 26.7. The van der Waals surface area contributed by atoms with Crippen LogP contribution in [0, 0.1) is 0 Å². The first-order valence-electron chi connectivity index (χ1n) is 7.41. The maximum Gasteiger partial charge on any atom is 0.119 e. The molecule has 0 aromatic heterocycles. The van der Waals surface area contributed by atoms with Gasteiger partial charge in [0.1, 0.15) is 12.4 Å². The minimum Gasteiger partial charge on any atom is -0.489 e. The van der Waals surface area contributed by atoms with Crippen LogP contribution in [-0.4, -0.2) is 0 Å². The highest BCUT2D eigenvalue weighted by atomic mass is 16.5. The van der Waals surface area contributed by atoms with E-state index in [9.17, 15) is 0 Å². The highest BCUT2D eigenvalue weighted by Crippen LogP contribution is 2.22. The van der Waals surface area contributed by atoms with Gasteiger partial charge in [-0.2, -0.15) is 0 Å². The van der Waals surface area contributed by atoms with Crippen LogP contribution in [-0.2, 0) is 13.2 Å². The predicted molar refractivity (Wildman–Crippen MR) is 90.5 cm³/mol. The Morgan fingerprint density at radius 2 is 1.23 bits per heavy atom.